The van der Waals surface area contributed by atoms with Crippen molar-refractivity contribution in [3.8, 4) is 45.6 Å². The zero-order valence-corrected chi connectivity index (χ0v) is 22.7. The number of carbonyl (C=O) groups is 3. The Labute approximate surface area is 224 Å². The maximum absolute atomic E-state index is 12.9. The maximum Gasteiger partial charge on any atom is 0.308 e. The molecule has 0 atom stereocenters. The van der Waals surface area contributed by atoms with Crippen molar-refractivity contribution in [2.45, 2.75) is 20.8 Å². The van der Waals surface area contributed by atoms with Crippen molar-refractivity contribution in [3.05, 3.63) is 47.5 Å². The van der Waals surface area contributed by atoms with Gasteiger partial charge < -0.3 is 28.8 Å². The molecule has 39 heavy (non-hydrogen) atoms. The Bertz CT molecular complexity index is 1670. The number of rotatable bonds is 8. The molecule has 1 N–H and O–H groups in total. The van der Waals surface area contributed by atoms with Gasteiger partial charge in [0, 0.05) is 34.4 Å². The van der Waals surface area contributed by atoms with Crippen molar-refractivity contribution in [1.82, 2.24) is 0 Å². The highest BCUT2D eigenvalue weighted by atomic mass is 16.5. The monoisotopic (exact) mass is 532 g/mol. The predicted octanol–water partition coefficient (Wildman–Crippen LogP) is 5.73. The molecule has 0 saturated heterocycles. The van der Waals surface area contributed by atoms with Gasteiger partial charge in [0.15, 0.2) is 11.6 Å². The molecule has 4 rings (SSSR count). The van der Waals surface area contributed by atoms with Crippen molar-refractivity contribution in [2.24, 2.45) is 0 Å². The molecular weight excluding hydrogens is 504 g/mol. The number of phenolic OH excluding ortho intramolecular Hbond substituents is 1. The fourth-order valence-electron chi connectivity index (χ4n) is 4.87. The van der Waals surface area contributed by atoms with Gasteiger partial charge in [-0.1, -0.05) is 0 Å². The van der Waals surface area contributed by atoms with Gasteiger partial charge in [-0.25, -0.2) is 0 Å². The number of carbonyl (C=O) groups excluding carboxylic acids is 3. The molecule has 0 saturated carbocycles. The summed E-state index contributed by atoms with van der Waals surface area (Å²) < 4.78 is 28.2. The molecule has 4 aromatic carbocycles. The van der Waals surface area contributed by atoms with Crippen molar-refractivity contribution in [2.75, 3.05) is 28.4 Å². The first-order valence-corrected chi connectivity index (χ1v) is 11.9. The van der Waals surface area contributed by atoms with Gasteiger partial charge in [-0.15, -0.1) is 0 Å². The molecule has 0 aliphatic carbocycles. The highest BCUT2D eigenvalue weighted by molar-refractivity contribution is 6.17. The molecular formula is C30H28O9. The van der Waals surface area contributed by atoms with E-state index in [4.69, 9.17) is 23.7 Å². The Morgan fingerprint density at radius 3 is 1.74 bits per heavy atom. The predicted molar refractivity (Wildman–Crippen MR) is 146 cm³/mol. The van der Waals surface area contributed by atoms with Crippen molar-refractivity contribution >= 4 is 39.1 Å². The second kappa shape index (κ2) is 10.5. The van der Waals surface area contributed by atoms with E-state index in [2.05, 4.69) is 0 Å². The van der Waals surface area contributed by atoms with Crippen molar-refractivity contribution in [1.29, 1.82) is 0 Å². The van der Waals surface area contributed by atoms with Crippen LogP contribution in [0, 0.1) is 0 Å². The maximum atomic E-state index is 12.9. The number of aromatic hydroxyl groups is 1. The van der Waals surface area contributed by atoms with Crippen molar-refractivity contribution < 1.29 is 43.2 Å². The van der Waals surface area contributed by atoms with E-state index in [0.717, 1.165) is 0 Å². The molecule has 0 spiro atoms. The van der Waals surface area contributed by atoms with E-state index in [-0.39, 0.29) is 51.1 Å². The van der Waals surface area contributed by atoms with Gasteiger partial charge in [0.05, 0.1) is 44.8 Å². The van der Waals surface area contributed by atoms with Gasteiger partial charge >= 0.3 is 5.97 Å². The molecule has 0 bridgehead atoms. The fourth-order valence-corrected chi connectivity index (χ4v) is 4.87. The van der Waals surface area contributed by atoms with Crippen LogP contribution in [0.25, 0.3) is 32.7 Å². The van der Waals surface area contributed by atoms with Gasteiger partial charge in [-0.05, 0) is 50.2 Å². The third kappa shape index (κ3) is 4.46. The Kier molecular flexibility index (Phi) is 7.36. The van der Waals surface area contributed by atoms with E-state index in [0.29, 0.717) is 38.8 Å². The SMILES string of the molecule is COc1cc(C(C)=O)c(O)c2c(OC)c(-c3cc(C(C)=O)c4c(OC)ccc(OC(C)=O)c4c3OC)ccc12. The van der Waals surface area contributed by atoms with Gasteiger partial charge in [0.25, 0.3) is 0 Å². The van der Waals surface area contributed by atoms with Gasteiger partial charge in [-0.3, -0.25) is 14.4 Å². The summed E-state index contributed by atoms with van der Waals surface area (Å²) in [6.45, 7) is 4.02. The number of ketones is 2. The largest absolute Gasteiger partial charge is 0.506 e. The third-order valence-corrected chi connectivity index (χ3v) is 6.50. The average molecular weight is 533 g/mol. The number of phenols is 1. The van der Waals surface area contributed by atoms with Gasteiger partial charge in [0.1, 0.15) is 34.5 Å². The summed E-state index contributed by atoms with van der Waals surface area (Å²) in [6.07, 6.45) is 0. The Morgan fingerprint density at radius 1 is 0.615 bits per heavy atom. The van der Waals surface area contributed by atoms with E-state index < -0.39 is 5.97 Å². The van der Waals surface area contributed by atoms with Crippen LogP contribution in [0.5, 0.6) is 34.5 Å². The van der Waals surface area contributed by atoms with E-state index >= 15 is 0 Å². The number of esters is 1. The van der Waals surface area contributed by atoms with Crippen molar-refractivity contribution in [3.63, 3.8) is 0 Å². The molecule has 0 radical (unpaired) electrons. The fraction of sp³-hybridized carbons (Fsp3) is 0.233. The standard InChI is InChI=1S/C30H28O9/c1-14(31)19-12-21(30(38-7)27-23(39-16(3)33)11-10-22(35-4)25(19)27)17-8-9-18-24(36-5)13-20(15(2)32)28(34)26(18)29(17)37-6/h8-13,34H,1-7H3. The van der Waals surface area contributed by atoms with Crippen LogP contribution in [0.15, 0.2) is 36.4 Å². The number of ether oxygens (including phenoxy) is 5. The summed E-state index contributed by atoms with van der Waals surface area (Å²) >= 11 is 0. The molecule has 0 aliphatic rings. The molecule has 0 amide bonds. The first kappa shape index (κ1) is 27.3. The van der Waals surface area contributed by atoms with Crippen LogP contribution in [0.3, 0.4) is 0 Å². The quantitative estimate of drug-likeness (QED) is 0.172. The molecule has 0 aliphatic heterocycles. The topological polar surface area (TPSA) is 118 Å². The van der Waals surface area contributed by atoms with Crippen LogP contribution in [-0.2, 0) is 4.79 Å². The number of Topliss-reactive ketones (excluding diaryl/α,β-unsaturated/α-hetero) is 2. The second-order valence-electron chi connectivity index (χ2n) is 8.77. The summed E-state index contributed by atoms with van der Waals surface area (Å²) in [4.78, 5) is 37.2. The lowest BCUT2D eigenvalue weighted by Crippen LogP contribution is -2.06. The molecule has 0 fully saturated rings. The van der Waals surface area contributed by atoms with Crippen LogP contribution in [0.4, 0.5) is 0 Å². The number of fused-ring (bicyclic) bond motifs is 2. The molecule has 9 nitrogen and oxygen atoms in total. The van der Waals surface area contributed by atoms with E-state index in [1.807, 2.05) is 0 Å². The molecule has 0 aromatic heterocycles. The minimum absolute atomic E-state index is 0.0617. The van der Waals surface area contributed by atoms with Gasteiger partial charge in [-0.2, -0.15) is 0 Å². The zero-order valence-electron chi connectivity index (χ0n) is 22.7. The summed E-state index contributed by atoms with van der Waals surface area (Å²) in [6, 6.07) is 9.72. The van der Waals surface area contributed by atoms with E-state index in [1.165, 1.54) is 55.3 Å². The van der Waals surface area contributed by atoms with E-state index in [1.54, 1.807) is 30.3 Å². The second-order valence-corrected chi connectivity index (χ2v) is 8.77. The summed E-state index contributed by atoms with van der Waals surface area (Å²) in [7, 11) is 5.81. The number of benzene rings is 4. The van der Waals surface area contributed by atoms with Crippen LogP contribution in [0.1, 0.15) is 41.5 Å². The minimum Gasteiger partial charge on any atom is -0.506 e. The lowest BCUT2D eigenvalue weighted by atomic mass is 9.90. The van der Waals surface area contributed by atoms with E-state index in [9.17, 15) is 19.5 Å². The summed E-state index contributed by atoms with van der Waals surface area (Å²) in [5.41, 5.74) is 1.21. The Morgan fingerprint density at radius 2 is 1.21 bits per heavy atom. The highest BCUT2D eigenvalue weighted by Crippen LogP contribution is 2.51. The van der Waals surface area contributed by atoms with Gasteiger partial charge in [0.2, 0.25) is 0 Å². The van der Waals surface area contributed by atoms with Crippen LogP contribution in [-0.4, -0.2) is 51.1 Å². The number of methoxy groups -OCH3 is 4. The Balaban J connectivity index is 2.25. The van der Waals surface area contributed by atoms with Crippen LogP contribution in [0.2, 0.25) is 0 Å². The number of hydrogen-bond donors (Lipinski definition) is 1. The molecule has 202 valence electrons. The van der Waals surface area contributed by atoms with Crippen LogP contribution >= 0.6 is 0 Å². The average Bonchev–Trinajstić information content (AvgIpc) is 2.91. The number of hydrogen-bond acceptors (Lipinski definition) is 9. The minimum atomic E-state index is -0.560. The Hall–Kier alpha value is -4.79. The first-order chi connectivity index (χ1) is 18.6. The third-order valence-electron chi connectivity index (χ3n) is 6.50. The normalized spacial score (nSPS) is 10.8. The molecule has 0 heterocycles. The lowest BCUT2D eigenvalue weighted by molar-refractivity contribution is -0.131. The first-order valence-electron chi connectivity index (χ1n) is 11.9. The zero-order chi connectivity index (χ0) is 28.6. The summed E-state index contributed by atoms with van der Waals surface area (Å²) in [5.74, 6) is -0.0495. The van der Waals surface area contributed by atoms with Crippen LogP contribution < -0.4 is 23.7 Å². The molecule has 9 heteroatoms. The smallest absolute Gasteiger partial charge is 0.308 e. The highest BCUT2D eigenvalue weighted by Gasteiger charge is 2.27. The molecule has 0 unspecified atom stereocenters. The lowest BCUT2D eigenvalue weighted by Gasteiger charge is -2.21. The molecule has 4 aromatic rings. The summed E-state index contributed by atoms with van der Waals surface area (Å²) in [5, 5.41) is 12.7.